The molecule has 4 nitrogen and oxygen atoms in total. The molecule has 1 fully saturated rings. The van der Waals surface area contributed by atoms with Crippen LogP contribution >= 0.6 is 23.6 Å². The highest BCUT2D eigenvalue weighted by atomic mass is 31.2. The second kappa shape index (κ2) is 16.3. The average Bonchev–Trinajstić information content (AvgIpc) is 3.58. The lowest BCUT2D eigenvalue weighted by Crippen LogP contribution is -2.35. The van der Waals surface area contributed by atoms with Crippen molar-refractivity contribution in [2.24, 2.45) is 0 Å². The molecule has 1 heterocycles. The van der Waals surface area contributed by atoms with Crippen molar-refractivity contribution in [2.75, 3.05) is 12.7 Å². The molecule has 0 amide bonds. The zero-order valence-corrected chi connectivity index (χ0v) is 33.0. The highest BCUT2D eigenvalue weighted by molar-refractivity contribution is 7.74. The molecule has 0 bridgehead atoms. The van der Waals surface area contributed by atoms with E-state index in [0.717, 1.165) is 12.6 Å². The Kier molecular flexibility index (Phi) is 11.4. The van der Waals surface area contributed by atoms with Crippen LogP contribution in [0.4, 0.5) is 0 Å². The molecule has 52 heavy (non-hydrogen) atoms. The van der Waals surface area contributed by atoms with Gasteiger partial charge in [-0.2, -0.15) is 4.67 Å². The van der Waals surface area contributed by atoms with Gasteiger partial charge in [-0.15, -0.1) is 0 Å². The number of nitrogens with zero attached hydrogens (tertiary/aromatic N) is 1. The minimum absolute atomic E-state index is 0.0714. The molecule has 1 aliphatic rings. The van der Waals surface area contributed by atoms with Gasteiger partial charge in [0.15, 0.2) is 0 Å². The standard InChI is InChI=1S/C45H46NO3P3/c1-34-15-23-41(24-16-34)50(42-25-17-35(2)18-26-42)33-38-31-45(51(43-27-19-36(3)20-28-43)44-29-21-37(4)22-30-44)32-46(38)52(47,48-39-11-7-5-8-12-39)49-40-13-9-6-10-14-40/h5-30,38,45H,31-33H2,1-4H3/t38-,45-/m0/s1. The van der Waals surface area contributed by atoms with E-state index in [1.807, 2.05) is 60.7 Å². The lowest BCUT2D eigenvalue weighted by Gasteiger charge is -2.33. The van der Waals surface area contributed by atoms with Crippen molar-refractivity contribution >= 4 is 44.8 Å². The molecule has 1 saturated heterocycles. The van der Waals surface area contributed by atoms with E-state index < -0.39 is 23.6 Å². The molecule has 6 aromatic carbocycles. The Labute approximate surface area is 312 Å². The Morgan fingerprint density at radius 3 is 1.29 bits per heavy atom. The fourth-order valence-corrected chi connectivity index (χ4v) is 14.5. The first-order valence-electron chi connectivity index (χ1n) is 17.9. The molecule has 264 valence electrons. The van der Waals surface area contributed by atoms with E-state index in [1.165, 1.54) is 43.5 Å². The molecule has 2 atom stereocenters. The van der Waals surface area contributed by atoms with Gasteiger partial charge in [-0.05, 0) is 102 Å². The van der Waals surface area contributed by atoms with Crippen LogP contribution in [-0.2, 0) is 4.57 Å². The largest absolute Gasteiger partial charge is 0.515 e. The Morgan fingerprint density at radius 1 is 0.538 bits per heavy atom. The van der Waals surface area contributed by atoms with Crippen molar-refractivity contribution in [1.82, 2.24) is 4.67 Å². The molecular weight excluding hydrogens is 695 g/mol. The van der Waals surface area contributed by atoms with Gasteiger partial charge in [0.1, 0.15) is 11.5 Å². The lowest BCUT2D eigenvalue weighted by molar-refractivity contribution is 0.281. The molecule has 0 unspecified atom stereocenters. The van der Waals surface area contributed by atoms with Crippen molar-refractivity contribution < 1.29 is 13.6 Å². The smallest absolute Gasteiger partial charge is 0.404 e. The quantitative estimate of drug-likeness (QED) is 0.117. The van der Waals surface area contributed by atoms with Crippen LogP contribution in [0.2, 0.25) is 0 Å². The van der Waals surface area contributed by atoms with E-state index in [-0.39, 0.29) is 11.7 Å². The molecule has 7 rings (SSSR count). The predicted octanol–water partition coefficient (Wildman–Crippen LogP) is 10.2. The van der Waals surface area contributed by atoms with Gasteiger partial charge >= 0.3 is 7.75 Å². The van der Waals surface area contributed by atoms with Gasteiger partial charge in [-0.3, -0.25) is 0 Å². The van der Waals surface area contributed by atoms with Crippen LogP contribution in [0.3, 0.4) is 0 Å². The molecular formula is C45H46NO3P3. The van der Waals surface area contributed by atoms with Crippen molar-refractivity contribution in [1.29, 1.82) is 0 Å². The van der Waals surface area contributed by atoms with Gasteiger partial charge in [0.05, 0.1) is 0 Å². The van der Waals surface area contributed by atoms with E-state index in [9.17, 15) is 0 Å². The second-order valence-corrected chi connectivity index (χ2v) is 20.3. The number of aryl methyl sites for hydroxylation is 4. The zero-order valence-electron chi connectivity index (χ0n) is 30.3. The molecule has 0 aliphatic carbocycles. The number of hydrogen-bond acceptors (Lipinski definition) is 3. The molecule has 0 N–H and O–H groups in total. The summed E-state index contributed by atoms with van der Waals surface area (Å²) in [6, 6.07) is 54.9. The maximum atomic E-state index is 15.7. The first kappa shape index (κ1) is 36.3. The minimum Gasteiger partial charge on any atom is -0.404 e. The summed E-state index contributed by atoms with van der Waals surface area (Å²) in [5.41, 5.74) is 5.18. The summed E-state index contributed by atoms with van der Waals surface area (Å²) in [5.74, 6) is 1.06. The second-order valence-electron chi connectivity index (χ2n) is 13.8. The summed E-state index contributed by atoms with van der Waals surface area (Å²) in [5, 5.41) is 5.29. The summed E-state index contributed by atoms with van der Waals surface area (Å²) in [6.07, 6.45) is 1.69. The van der Waals surface area contributed by atoms with Gasteiger partial charge in [-0.25, -0.2) is 4.57 Å². The van der Waals surface area contributed by atoms with Crippen LogP contribution in [0.5, 0.6) is 11.5 Å². The fraction of sp³-hybridized carbons (Fsp3) is 0.200. The molecule has 0 spiro atoms. The van der Waals surface area contributed by atoms with Crippen LogP contribution in [0.25, 0.3) is 0 Å². The molecule has 7 heteroatoms. The summed E-state index contributed by atoms with van der Waals surface area (Å²) >= 11 is 0. The van der Waals surface area contributed by atoms with Gasteiger partial charge in [0.25, 0.3) is 0 Å². The zero-order chi connectivity index (χ0) is 36.1. The summed E-state index contributed by atoms with van der Waals surface area (Å²) in [4.78, 5) is 0. The van der Waals surface area contributed by atoms with Crippen LogP contribution < -0.4 is 30.3 Å². The molecule has 0 saturated carbocycles. The van der Waals surface area contributed by atoms with E-state index >= 15 is 4.57 Å². The number of para-hydroxylation sites is 2. The maximum absolute atomic E-state index is 15.7. The van der Waals surface area contributed by atoms with Gasteiger partial charge < -0.3 is 9.05 Å². The third-order valence-corrected chi connectivity index (χ3v) is 17.1. The van der Waals surface area contributed by atoms with Crippen LogP contribution in [-0.4, -0.2) is 29.1 Å². The van der Waals surface area contributed by atoms with Crippen molar-refractivity contribution in [2.45, 2.75) is 45.8 Å². The SMILES string of the molecule is Cc1ccc(P(C[C@@H]2C[C@H](P(c3ccc(C)cc3)c3ccc(C)cc3)CN2P(=O)(Oc2ccccc2)Oc2ccccc2)c2ccc(C)cc2)cc1. The van der Waals surface area contributed by atoms with Gasteiger partial charge in [0, 0.05) is 18.2 Å². The first-order valence-corrected chi connectivity index (χ1v) is 22.4. The van der Waals surface area contributed by atoms with E-state index in [1.54, 1.807) is 0 Å². The topological polar surface area (TPSA) is 38.8 Å². The van der Waals surface area contributed by atoms with Crippen LogP contribution in [0.1, 0.15) is 28.7 Å². The average molecular weight is 742 g/mol. The predicted molar refractivity (Wildman–Crippen MR) is 223 cm³/mol. The Balaban J connectivity index is 1.35. The Morgan fingerprint density at radius 2 is 0.904 bits per heavy atom. The lowest BCUT2D eigenvalue weighted by atomic mass is 10.2. The molecule has 0 aromatic heterocycles. The van der Waals surface area contributed by atoms with Crippen LogP contribution in [0, 0.1) is 27.7 Å². The monoisotopic (exact) mass is 741 g/mol. The minimum atomic E-state index is -3.94. The maximum Gasteiger partial charge on any atom is 0.515 e. The summed E-state index contributed by atoms with van der Waals surface area (Å²) in [6.45, 7) is 9.14. The highest BCUT2D eigenvalue weighted by Gasteiger charge is 2.50. The molecule has 0 radical (unpaired) electrons. The van der Waals surface area contributed by atoms with E-state index in [4.69, 9.17) is 9.05 Å². The third kappa shape index (κ3) is 8.60. The third-order valence-electron chi connectivity index (χ3n) is 9.68. The van der Waals surface area contributed by atoms with E-state index in [2.05, 4.69) is 129 Å². The van der Waals surface area contributed by atoms with Crippen molar-refractivity contribution in [3.8, 4) is 11.5 Å². The molecule has 1 aliphatic heterocycles. The Hall–Kier alpha value is -4.03. The highest BCUT2D eigenvalue weighted by Crippen LogP contribution is 2.60. The molecule has 6 aromatic rings. The van der Waals surface area contributed by atoms with Crippen LogP contribution in [0.15, 0.2) is 158 Å². The first-order chi connectivity index (χ1) is 25.2. The summed E-state index contributed by atoms with van der Waals surface area (Å²) in [7, 11) is -5.55. The van der Waals surface area contributed by atoms with Crippen molar-refractivity contribution in [3.05, 3.63) is 180 Å². The fourth-order valence-electron chi connectivity index (χ4n) is 6.89. The summed E-state index contributed by atoms with van der Waals surface area (Å²) < 4.78 is 31.0. The normalized spacial score (nSPS) is 16.3. The van der Waals surface area contributed by atoms with Gasteiger partial charge in [-0.1, -0.05) is 156 Å². The number of hydrogen-bond donors (Lipinski definition) is 0. The van der Waals surface area contributed by atoms with Crippen molar-refractivity contribution in [3.63, 3.8) is 0 Å². The van der Waals surface area contributed by atoms with E-state index in [0.29, 0.717) is 18.0 Å². The number of rotatable bonds is 12. The number of benzene rings is 6. The van der Waals surface area contributed by atoms with Gasteiger partial charge in [0.2, 0.25) is 0 Å². The Bertz CT molecular complexity index is 1950.